The molecule has 0 aliphatic rings. The molecule has 0 atom stereocenters. The van der Waals surface area contributed by atoms with Gasteiger partial charge in [-0.25, -0.2) is 0 Å². The second kappa shape index (κ2) is 5.76. The third kappa shape index (κ3) is 4.34. The van der Waals surface area contributed by atoms with Crippen molar-refractivity contribution in [2.24, 2.45) is 4.99 Å². The van der Waals surface area contributed by atoms with E-state index in [2.05, 4.69) is 42.8 Å². The fourth-order valence-electron chi connectivity index (χ4n) is 1.25. The van der Waals surface area contributed by atoms with Gasteiger partial charge in [0, 0.05) is 12.1 Å². The van der Waals surface area contributed by atoms with Crippen molar-refractivity contribution in [3.05, 3.63) is 47.7 Å². The first-order chi connectivity index (χ1) is 7.11. The van der Waals surface area contributed by atoms with E-state index in [-0.39, 0.29) is 0 Å². The van der Waals surface area contributed by atoms with Crippen molar-refractivity contribution >= 4 is 16.8 Å². The molecule has 1 aromatic carbocycles. The summed E-state index contributed by atoms with van der Waals surface area (Å²) in [4.78, 5) is 4.40. The smallest absolute Gasteiger partial charge is 0.0700 e. The number of hydrogen-bond acceptors (Lipinski definition) is 2. The molecule has 80 valence electrons. The highest BCUT2D eigenvalue weighted by molar-refractivity contribution is 8.13. The molecule has 1 nitrogen and oxygen atoms in total. The molecule has 0 N–H and O–H groups in total. The van der Waals surface area contributed by atoms with Crippen LogP contribution in [0.3, 0.4) is 0 Å². The van der Waals surface area contributed by atoms with Crippen molar-refractivity contribution in [2.45, 2.75) is 20.3 Å². The lowest BCUT2D eigenvalue weighted by atomic mass is 10.1. The lowest BCUT2D eigenvalue weighted by Crippen LogP contribution is -1.90. The summed E-state index contributed by atoms with van der Waals surface area (Å²) < 4.78 is 0. The second-order valence-corrected chi connectivity index (χ2v) is 4.56. The van der Waals surface area contributed by atoms with E-state index in [1.807, 2.05) is 13.2 Å². The number of benzene rings is 1. The summed E-state index contributed by atoms with van der Waals surface area (Å²) in [6.07, 6.45) is 2.86. The van der Waals surface area contributed by atoms with Gasteiger partial charge in [-0.15, -0.1) is 11.8 Å². The van der Waals surface area contributed by atoms with Crippen molar-refractivity contribution in [2.75, 3.05) is 6.26 Å². The quantitative estimate of drug-likeness (QED) is 0.556. The molecule has 0 saturated carbocycles. The number of thioether (sulfide) groups is 1. The van der Waals surface area contributed by atoms with Crippen LogP contribution in [0.15, 0.2) is 41.5 Å². The Labute approximate surface area is 96.3 Å². The third-order valence-corrected chi connectivity index (χ3v) is 2.82. The fraction of sp³-hybridized carbons (Fsp3) is 0.308. The number of aliphatic imine (C=N–C) groups is 1. The van der Waals surface area contributed by atoms with Crippen LogP contribution in [0.5, 0.6) is 0 Å². The molecule has 2 heteroatoms. The maximum absolute atomic E-state index is 4.40. The van der Waals surface area contributed by atoms with Gasteiger partial charge < -0.3 is 0 Å². The van der Waals surface area contributed by atoms with Crippen LogP contribution in [-0.2, 0) is 6.42 Å². The summed E-state index contributed by atoms with van der Waals surface area (Å²) in [6, 6.07) is 8.50. The third-order valence-electron chi connectivity index (χ3n) is 2.14. The van der Waals surface area contributed by atoms with Gasteiger partial charge in [-0.1, -0.05) is 36.4 Å². The van der Waals surface area contributed by atoms with Crippen LogP contribution in [0.25, 0.3) is 0 Å². The molecule has 1 rings (SSSR count). The summed E-state index contributed by atoms with van der Waals surface area (Å²) in [5.41, 5.74) is 3.47. The van der Waals surface area contributed by atoms with Gasteiger partial charge in [0.15, 0.2) is 0 Å². The van der Waals surface area contributed by atoms with Gasteiger partial charge in [0.05, 0.1) is 5.04 Å². The molecule has 0 bridgehead atoms. The van der Waals surface area contributed by atoms with E-state index in [0.717, 1.165) is 17.2 Å². The van der Waals surface area contributed by atoms with Gasteiger partial charge in [-0.05, 0) is 25.7 Å². The van der Waals surface area contributed by atoms with E-state index in [1.54, 1.807) is 11.8 Å². The predicted octanol–water partition coefficient (Wildman–Crippen LogP) is 3.83. The van der Waals surface area contributed by atoms with Crippen LogP contribution < -0.4 is 0 Å². The van der Waals surface area contributed by atoms with E-state index in [9.17, 15) is 0 Å². The molecule has 0 amide bonds. The fourth-order valence-corrected chi connectivity index (χ4v) is 1.47. The molecule has 0 fully saturated rings. The molecule has 15 heavy (non-hydrogen) atoms. The van der Waals surface area contributed by atoms with Gasteiger partial charge in [0.25, 0.3) is 0 Å². The summed E-state index contributed by atoms with van der Waals surface area (Å²) in [7, 11) is 0. The van der Waals surface area contributed by atoms with Crippen LogP contribution in [-0.4, -0.2) is 11.3 Å². The molecule has 0 aliphatic carbocycles. The highest BCUT2D eigenvalue weighted by Crippen LogP contribution is 2.11. The Balaban J connectivity index is 2.63. The summed E-state index contributed by atoms with van der Waals surface area (Å²) in [6.45, 7) is 8.06. The molecule has 0 unspecified atom stereocenters. The van der Waals surface area contributed by atoms with Gasteiger partial charge in [0.1, 0.15) is 0 Å². The molecule has 0 spiro atoms. The lowest BCUT2D eigenvalue weighted by molar-refractivity contribution is 1.12. The average Bonchev–Trinajstić information content (AvgIpc) is 2.21. The zero-order valence-corrected chi connectivity index (χ0v) is 10.4. The largest absolute Gasteiger partial charge is 0.252 e. The van der Waals surface area contributed by atoms with E-state index in [1.165, 1.54) is 11.1 Å². The van der Waals surface area contributed by atoms with E-state index in [0.29, 0.717) is 0 Å². The van der Waals surface area contributed by atoms with Crippen molar-refractivity contribution in [3.63, 3.8) is 0 Å². The SMILES string of the molecule is C=C(Cc1ccc(C)cc1)N=C(C)SC. The second-order valence-electron chi connectivity index (χ2n) is 3.56. The van der Waals surface area contributed by atoms with Crippen LogP contribution in [0.2, 0.25) is 0 Å². The lowest BCUT2D eigenvalue weighted by Gasteiger charge is -2.02. The summed E-state index contributed by atoms with van der Waals surface area (Å²) in [5.74, 6) is 0. The van der Waals surface area contributed by atoms with Crippen LogP contribution in [0, 0.1) is 6.92 Å². The van der Waals surface area contributed by atoms with Crippen LogP contribution in [0.4, 0.5) is 0 Å². The maximum atomic E-state index is 4.40. The van der Waals surface area contributed by atoms with Crippen LogP contribution >= 0.6 is 11.8 Å². The minimum atomic E-state index is 0.832. The van der Waals surface area contributed by atoms with Gasteiger partial charge >= 0.3 is 0 Å². The standard InChI is InChI=1S/C13H17NS/c1-10-5-7-13(8-6-10)9-11(2)14-12(3)15-4/h5-8H,2,9H2,1,3-4H3. The Hall–Kier alpha value is -1.02. The Bertz CT molecular complexity index is 363. The topological polar surface area (TPSA) is 12.4 Å². The molecule has 0 saturated heterocycles. The molecule has 0 aliphatic heterocycles. The Kier molecular flexibility index (Phi) is 4.63. The minimum Gasteiger partial charge on any atom is -0.252 e. The van der Waals surface area contributed by atoms with Gasteiger partial charge in [-0.2, -0.15) is 0 Å². The average molecular weight is 219 g/mol. The zero-order valence-electron chi connectivity index (χ0n) is 9.58. The molecule has 0 radical (unpaired) electrons. The van der Waals surface area contributed by atoms with E-state index in [4.69, 9.17) is 0 Å². The first kappa shape index (κ1) is 12.1. The number of aryl methyl sites for hydroxylation is 1. The highest BCUT2D eigenvalue weighted by atomic mass is 32.2. The summed E-state index contributed by atoms with van der Waals surface area (Å²) in [5, 5.41) is 1.06. The van der Waals surface area contributed by atoms with E-state index < -0.39 is 0 Å². The van der Waals surface area contributed by atoms with Crippen molar-refractivity contribution < 1.29 is 0 Å². The van der Waals surface area contributed by atoms with Crippen molar-refractivity contribution in [1.82, 2.24) is 0 Å². The number of rotatable bonds is 3. The predicted molar refractivity (Wildman–Crippen MR) is 70.6 cm³/mol. The molecular formula is C13H17NS. The van der Waals surface area contributed by atoms with Crippen molar-refractivity contribution in [3.8, 4) is 0 Å². The first-order valence-corrected chi connectivity index (χ1v) is 6.17. The molecule has 0 aromatic heterocycles. The zero-order chi connectivity index (χ0) is 11.3. The number of nitrogens with zero attached hydrogens (tertiary/aromatic N) is 1. The maximum Gasteiger partial charge on any atom is 0.0700 e. The number of allylic oxidation sites excluding steroid dienone is 1. The molecule has 0 heterocycles. The summed E-state index contributed by atoms with van der Waals surface area (Å²) >= 11 is 1.66. The Morgan fingerprint density at radius 1 is 1.33 bits per heavy atom. The van der Waals surface area contributed by atoms with Gasteiger partial charge in [-0.3, -0.25) is 4.99 Å². The van der Waals surface area contributed by atoms with Gasteiger partial charge in [0.2, 0.25) is 0 Å². The minimum absolute atomic E-state index is 0.832. The Morgan fingerprint density at radius 3 is 2.47 bits per heavy atom. The van der Waals surface area contributed by atoms with Crippen molar-refractivity contribution in [1.29, 1.82) is 0 Å². The Morgan fingerprint density at radius 2 is 1.93 bits per heavy atom. The normalized spacial score (nSPS) is 11.5. The molecule has 1 aromatic rings. The number of hydrogen-bond donors (Lipinski definition) is 0. The molecular weight excluding hydrogens is 202 g/mol. The van der Waals surface area contributed by atoms with E-state index >= 15 is 0 Å². The first-order valence-electron chi connectivity index (χ1n) is 4.94. The monoisotopic (exact) mass is 219 g/mol. The van der Waals surface area contributed by atoms with Crippen LogP contribution in [0.1, 0.15) is 18.1 Å². The highest BCUT2D eigenvalue weighted by Gasteiger charge is 1.96.